The minimum absolute atomic E-state index is 0.430. The Kier molecular flexibility index (Phi) is 3.06. The van der Waals surface area contributed by atoms with Gasteiger partial charge in [-0.05, 0) is 6.92 Å². The number of hydrogen-bond donors (Lipinski definition) is 8. The van der Waals surface area contributed by atoms with E-state index in [-0.39, 0.29) is 0 Å². The maximum atomic E-state index is 9.01. The van der Waals surface area contributed by atoms with Crippen molar-refractivity contribution in [1.82, 2.24) is 0 Å². The van der Waals surface area contributed by atoms with E-state index in [1.165, 1.54) is 0 Å². The summed E-state index contributed by atoms with van der Waals surface area (Å²) in [5.74, 6) is -11.7. The van der Waals surface area contributed by atoms with Crippen molar-refractivity contribution < 1.29 is 40.9 Å². The van der Waals surface area contributed by atoms with E-state index in [0.717, 1.165) is 0 Å². The highest BCUT2D eigenvalue weighted by Crippen LogP contribution is 2.32. The van der Waals surface area contributed by atoms with Gasteiger partial charge in [0.1, 0.15) is 13.3 Å². The van der Waals surface area contributed by atoms with Gasteiger partial charge in [0.15, 0.2) is 5.79 Å². The quantitative estimate of drug-likeness (QED) is 0.169. The Labute approximate surface area is 79.7 Å². The Morgan fingerprint density at radius 1 is 0.786 bits per heavy atom. The average molecular weight is 210 g/mol. The minimum atomic E-state index is -4.25. The van der Waals surface area contributed by atoms with Crippen LogP contribution in [-0.4, -0.2) is 71.7 Å². The molecule has 82 valence electrons. The van der Waals surface area contributed by atoms with Crippen molar-refractivity contribution in [2.24, 2.45) is 0 Å². The summed E-state index contributed by atoms with van der Waals surface area (Å²) in [6.07, 6.45) is 0. The molecule has 0 bridgehead atoms. The van der Waals surface area contributed by atoms with Gasteiger partial charge in [0.05, 0.1) is 0 Å². The lowest BCUT2D eigenvalue weighted by atomic mass is 9.67. The van der Waals surface area contributed by atoms with E-state index in [4.69, 9.17) is 40.9 Å². The predicted octanol–water partition coefficient (Wildman–Crippen LogP) is -5.14. The maximum absolute atomic E-state index is 9.01. The fourth-order valence-corrected chi connectivity index (χ4v) is 0.586. The van der Waals surface area contributed by atoms with Crippen LogP contribution in [0.4, 0.5) is 0 Å². The molecule has 0 spiro atoms. The van der Waals surface area contributed by atoms with Crippen LogP contribution in [0.25, 0.3) is 0 Å². The van der Waals surface area contributed by atoms with Crippen LogP contribution in [0.2, 0.25) is 0 Å². The molecular formula is C5H11BO8. The topological polar surface area (TPSA) is 162 Å². The van der Waals surface area contributed by atoms with Gasteiger partial charge in [-0.15, -0.1) is 0 Å². The maximum Gasteiger partial charge on any atom is 0.335 e. The lowest BCUT2D eigenvalue weighted by Crippen LogP contribution is -2.75. The Balaban J connectivity index is 5.30. The molecule has 0 aromatic rings. The van der Waals surface area contributed by atoms with E-state index in [9.17, 15) is 0 Å². The number of rotatable bonds is 3. The van der Waals surface area contributed by atoms with Crippen LogP contribution in [0.15, 0.2) is 0 Å². The molecule has 0 aliphatic carbocycles. The Hall–Kier alpha value is -0.255. The van der Waals surface area contributed by atoms with Gasteiger partial charge in [0.25, 0.3) is 5.79 Å². The molecule has 8 N–H and O–H groups in total. The highest BCUT2D eigenvalue weighted by molar-refractivity contribution is 6.15. The van der Waals surface area contributed by atoms with Crippen molar-refractivity contribution in [3.05, 3.63) is 0 Å². The minimum Gasteiger partial charge on any atom is -0.388 e. The molecule has 0 heterocycles. The van der Waals surface area contributed by atoms with E-state index >= 15 is 0 Å². The van der Waals surface area contributed by atoms with Crippen molar-refractivity contribution in [3.63, 3.8) is 0 Å². The van der Waals surface area contributed by atoms with Crippen LogP contribution in [-0.2, 0) is 0 Å². The van der Waals surface area contributed by atoms with Crippen LogP contribution in [0.3, 0.4) is 0 Å². The third-order valence-electron chi connectivity index (χ3n) is 1.72. The van der Waals surface area contributed by atoms with Crippen molar-refractivity contribution in [1.29, 1.82) is 0 Å². The molecule has 0 aromatic heterocycles. The monoisotopic (exact) mass is 210 g/mol. The lowest BCUT2D eigenvalue weighted by Gasteiger charge is -2.46. The molecule has 14 heavy (non-hydrogen) atoms. The van der Waals surface area contributed by atoms with E-state index in [2.05, 4.69) is 7.85 Å². The molecule has 0 aliphatic rings. The third-order valence-corrected chi connectivity index (χ3v) is 1.72. The zero-order chi connectivity index (χ0) is 12.0. The Bertz CT molecular complexity index is 187. The molecule has 0 saturated heterocycles. The van der Waals surface area contributed by atoms with Gasteiger partial charge in [-0.3, -0.25) is 0 Å². The van der Waals surface area contributed by atoms with Gasteiger partial charge in [-0.1, -0.05) is 0 Å². The molecule has 0 amide bonds. The molecule has 0 aromatic carbocycles. The fraction of sp³-hybridized carbons (Fsp3) is 1.00. The zero-order valence-corrected chi connectivity index (χ0v) is 7.16. The van der Waals surface area contributed by atoms with Crippen LogP contribution >= 0.6 is 0 Å². The van der Waals surface area contributed by atoms with Gasteiger partial charge < -0.3 is 40.9 Å². The first kappa shape index (κ1) is 13.7. The van der Waals surface area contributed by atoms with Gasteiger partial charge in [0, 0.05) is 0 Å². The molecule has 1 atom stereocenters. The highest BCUT2D eigenvalue weighted by Gasteiger charge is 2.65. The van der Waals surface area contributed by atoms with Crippen LogP contribution in [0.1, 0.15) is 6.92 Å². The van der Waals surface area contributed by atoms with Crippen molar-refractivity contribution >= 4 is 7.85 Å². The molecule has 0 saturated carbocycles. The Morgan fingerprint density at radius 3 is 1.14 bits per heavy atom. The van der Waals surface area contributed by atoms with Crippen LogP contribution in [0.5, 0.6) is 0 Å². The summed E-state index contributed by atoms with van der Waals surface area (Å²) in [6, 6.07) is 0. The highest BCUT2D eigenvalue weighted by atomic mass is 16.7. The SMILES string of the molecule is [B]C(O)(C(C)(O)O)C(O)(O)C(O)(O)O. The van der Waals surface area contributed by atoms with Gasteiger partial charge >= 0.3 is 5.97 Å². The summed E-state index contributed by atoms with van der Waals surface area (Å²) in [5, 5.41) is 69.4. The molecule has 0 rings (SSSR count). The van der Waals surface area contributed by atoms with E-state index < -0.39 is 23.0 Å². The summed E-state index contributed by atoms with van der Waals surface area (Å²) in [6.45, 7) is 0.430. The Morgan fingerprint density at radius 2 is 1.07 bits per heavy atom. The van der Waals surface area contributed by atoms with Gasteiger partial charge in [-0.2, -0.15) is 0 Å². The molecule has 0 aliphatic heterocycles. The predicted molar refractivity (Wildman–Crippen MR) is 40.1 cm³/mol. The largest absolute Gasteiger partial charge is 0.388 e. The molecular weight excluding hydrogens is 199 g/mol. The van der Waals surface area contributed by atoms with Gasteiger partial charge in [0.2, 0.25) is 0 Å². The second-order valence-corrected chi connectivity index (χ2v) is 3.09. The number of hydrogen-bond acceptors (Lipinski definition) is 8. The summed E-state index contributed by atoms with van der Waals surface area (Å²) in [4.78, 5) is 0. The second-order valence-electron chi connectivity index (χ2n) is 3.09. The molecule has 8 nitrogen and oxygen atoms in total. The average Bonchev–Trinajstić information content (AvgIpc) is 1.81. The summed E-state index contributed by atoms with van der Waals surface area (Å²) in [7, 11) is 4.63. The first-order chi connectivity index (χ1) is 5.75. The molecule has 0 fully saturated rings. The summed E-state index contributed by atoms with van der Waals surface area (Å²) < 4.78 is 0. The fourth-order valence-electron chi connectivity index (χ4n) is 0.586. The van der Waals surface area contributed by atoms with Crippen LogP contribution in [0, 0.1) is 0 Å². The normalized spacial score (nSPS) is 19.2. The van der Waals surface area contributed by atoms with Gasteiger partial charge in [-0.25, -0.2) is 0 Å². The van der Waals surface area contributed by atoms with Crippen molar-refractivity contribution in [3.8, 4) is 0 Å². The van der Waals surface area contributed by atoms with Crippen molar-refractivity contribution in [2.75, 3.05) is 0 Å². The number of aliphatic hydroxyl groups is 8. The molecule has 1 unspecified atom stereocenters. The summed E-state index contributed by atoms with van der Waals surface area (Å²) >= 11 is 0. The van der Waals surface area contributed by atoms with E-state index in [1.54, 1.807) is 0 Å². The second kappa shape index (κ2) is 3.12. The van der Waals surface area contributed by atoms with E-state index in [0.29, 0.717) is 6.92 Å². The first-order valence-corrected chi connectivity index (χ1v) is 3.33. The molecule has 2 radical (unpaired) electrons. The smallest absolute Gasteiger partial charge is 0.335 e. The van der Waals surface area contributed by atoms with Crippen LogP contribution < -0.4 is 0 Å². The van der Waals surface area contributed by atoms with E-state index in [1.807, 2.05) is 0 Å². The summed E-state index contributed by atoms with van der Waals surface area (Å²) in [5.41, 5.74) is -3.71. The zero-order valence-electron chi connectivity index (χ0n) is 7.16. The third kappa shape index (κ3) is 1.90. The lowest BCUT2D eigenvalue weighted by molar-refractivity contribution is -0.490. The van der Waals surface area contributed by atoms with Crippen molar-refractivity contribution in [2.45, 2.75) is 30.0 Å². The standard InChI is InChI=1S/C5H11BO8/c1-2(7,8)3(6,9)4(10,11)5(12,13)14/h7-14H,1H3. The first-order valence-electron chi connectivity index (χ1n) is 3.33. The molecule has 9 heteroatoms.